The molecule has 1 aliphatic carbocycles. The second-order valence-electron chi connectivity index (χ2n) is 6.11. The molecule has 3 heteroatoms. The van der Waals surface area contributed by atoms with Crippen LogP contribution in [0, 0.1) is 0 Å². The van der Waals surface area contributed by atoms with Crippen LogP contribution in [0.4, 0.5) is 0 Å². The van der Waals surface area contributed by atoms with Gasteiger partial charge < -0.3 is 10.2 Å². The molecule has 0 radical (unpaired) electrons. The first-order chi connectivity index (χ1) is 9.62. The lowest BCUT2D eigenvalue weighted by molar-refractivity contribution is 0.104. The van der Waals surface area contributed by atoms with Gasteiger partial charge in [0.2, 0.25) is 0 Å². The summed E-state index contributed by atoms with van der Waals surface area (Å²) in [6.45, 7) is 3.25. The Kier molecular flexibility index (Phi) is 5.48. The average Bonchev–Trinajstić information content (AvgIpc) is 2.92. The van der Waals surface area contributed by atoms with Crippen molar-refractivity contribution in [1.29, 1.82) is 0 Å². The van der Waals surface area contributed by atoms with Gasteiger partial charge in [-0.25, -0.2) is 0 Å². The summed E-state index contributed by atoms with van der Waals surface area (Å²) in [6, 6.07) is 8.61. The van der Waals surface area contributed by atoms with E-state index in [0.29, 0.717) is 6.04 Å². The fraction of sp³-hybridized carbons (Fsp3) is 0.647. The second-order valence-corrected chi connectivity index (χ2v) is 6.52. The zero-order valence-electron chi connectivity index (χ0n) is 13.0. The van der Waals surface area contributed by atoms with E-state index in [9.17, 15) is 0 Å². The Bertz CT molecular complexity index is 425. The molecule has 0 spiro atoms. The molecule has 2 nitrogen and oxygen atoms in total. The molecule has 0 saturated heterocycles. The van der Waals surface area contributed by atoms with Crippen LogP contribution in [-0.4, -0.2) is 31.1 Å². The van der Waals surface area contributed by atoms with E-state index in [1.807, 2.05) is 12.1 Å². The van der Waals surface area contributed by atoms with Crippen molar-refractivity contribution < 1.29 is 0 Å². The van der Waals surface area contributed by atoms with Crippen molar-refractivity contribution in [2.24, 2.45) is 0 Å². The molecule has 1 saturated carbocycles. The van der Waals surface area contributed by atoms with Crippen LogP contribution < -0.4 is 5.32 Å². The van der Waals surface area contributed by atoms with Crippen LogP contribution in [0.5, 0.6) is 0 Å². The number of nitrogens with one attached hydrogen (secondary N) is 1. The highest BCUT2D eigenvalue weighted by atomic mass is 35.5. The molecule has 1 aromatic carbocycles. The predicted octanol–water partition coefficient (Wildman–Crippen LogP) is 4.26. The van der Waals surface area contributed by atoms with E-state index in [2.05, 4.69) is 43.4 Å². The van der Waals surface area contributed by atoms with Crippen LogP contribution in [0.2, 0.25) is 5.02 Å². The molecule has 20 heavy (non-hydrogen) atoms. The van der Waals surface area contributed by atoms with Crippen LogP contribution >= 0.6 is 11.6 Å². The highest BCUT2D eigenvalue weighted by molar-refractivity contribution is 6.31. The summed E-state index contributed by atoms with van der Waals surface area (Å²) < 4.78 is 0. The van der Waals surface area contributed by atoms with Crippen LogP contribution in [0.25, 0.3) is 0 Å². The van der Waals surface area contributed by atoms with Gasteiger partial charge in [-0.1, -0.05) is 49.6 Å². The summed E-state index contributed by atoms with van der Waals surface area (Å²) in [5.74, 6) is 0. The SMILES string of the molecule is CCCNC(c1ccccc1Cl)C1(N(C)C)CCCC1. The Morgan fingerprint density at radius 3 is 2.45 bits per heavy atom. The molecule has 1 aromatic rings. The minimum absolute atomic E-state index is 0.195. The van der Waals surface area contributed by atoms with Crippen molar-refractivity contribution in [3.63, 3.8) is 0 Å². The number of halogens is 1. The molecule has 2 rings (SSSR count). The van der Waals surface area contributed by atoms with Crippen LogP contribution in [0.1, 0.15) is 50.6 Å². The van der Waals surface area contributed by atoms with Gasteiger partial charge in [-0.2, -0.15) is 0 Å². The normalized spacial score (nSPS) is 19.4. The summed E-state index contributed by atoms with van der Waals surface area (Å²) in [5, 5.41) is 4.65. The van der Waals surface area contributed by atoms with Crippen LogP contribution in [0.3, 0.4) is 0 Å². The number of nitrogens with zero attached hydrogens (tertiary/aromatic N) is 1. The van der Waals surface area contributed by atoms with E-state index < -0.39 is 0 Å². The summed E-state index contributed by atoms with van der Waals surface area (Å²) in [4.78, 5) is 2.41. The molecule has 0 bridgehead atoms. The minimum Gasteiger partial charge on any atom is -0.308 e. The van der Waals surface area contributed by atoms with E-state index in [1.54, 1.807) is 0 Å². The van der Waals surface area contributed by atoms with Crippen molar-refractivity contribution in [2.75, 3.05) is 20.6 Å². The predicted molar refractivity (Wildman–Crippen MR) is 87.4 cm³/mol. The zero-order chi connectivity index (χ0) is 14.6. The number of hydrogen-bond acceptors (Lipinski definition) is 2. The summed E-state index contributed by atoms with van der Waals surface area (Å²) in [7, 11) is 4.42. The van der Waals surface area contributed by atoms with Gasteiger partial charge in [0.25, 0.3) is 0 Å². The van der Waals surface area contributed by atoms with Gasteiger partial charge in [-0.3, -0.25) is 0 Å². The van der Waals surface area contributed by atoms with Gasteiger partial charge in [0.05, 0.1) is 6.04 Å². The molecular weight excluding hydrogens is 268 g/mol. The first-order valence-electron chi connectivity index (χ1n) is 7.77. The smallest absolute Gasteiger partial charge is 0.0521 e. The third kappa shape index (κ3) is 3.03. The lowest BCUT2D eigenvalue weighted by Gasteiger charge is -2.44. The summed E-state index contributed by atoms with van der Waals surface area (Å²) in [5.41, 5.74) is 1.44. The van der Waals surface area contributed by atoms with Gasteiger partial charge >= 0.3 is 0 Å². The first-order valence-corrected chi connectivity index (χ1v) is 8.15. The van der Waals surface area contributed by atoms with Crippen molar-refractivity contribution in [3.8, 4) is 0 Å². The Balaban J connectivity index is 2.38. The Morgan fingerprint density at radius 1 is 1.25 bits per heavy atom. The fourth-order valence-corrected chi connectivity index (χ4v) is 3.81. The average molecular weight is 295 g/mol. The number of benzene rings is 1. The van der Waals surface area contributed by atoms with Crippen LogP contribution in [0.15, 0.2) is 24.3 Å². The molecule has 0 amide bonds. The zero-order valence-corrected chi connectivity index (χ0v) is 13.7. The van der Waals surface area contributed by atoms with Crippen molar-refractivity contribution in [2.45, 2.75) is 50.6 Å². The van der Waals surface area contributed by atoms with Gasteiger partial charge in [0, 0.05) is 10.6 Å². The molecule has 1 unspecified atom stereocenters. The van der Waals surface area contributed by atoms with E-state index in [-0.39, 0.29) is 5.54 Å². The lowest BCUT2D eigenvalue weighted by atomic mass is 9.82. The second kappa shape index (κ2) is 6.93. The third-order valence-electron chi connectivity index (χ3n) is 4.71. The van der Waals surface area contributed by atoms with Crippen LogP contribution in [-0.2, 0) is 0 Å². The molecule has 1 atom stereocenters. The molecule has 0 aromatic heterocycles. The van der Waals surface area contributed by atoms with Crippen molar-refractivity contribution >= 4 is 11.6 Å². The number of hydrogen-bond donors (Lipinski definition) is 1. The quantitative estimate of drug-likeness (QED) is 0.843. The summed E-state index contributed by atoms with van der Waals surface area (Å²) in [6.07, 6.45) is 6.25. The molecule has 0 heterocycles. The molecular formula is C17H27ClN2. The van der Waals surface area contributed by atoms with E-state index in [1.165, 1.54) is 31.2 Å². The maximum Gasteiger partial charge on any atom is 0.0521 e. The van der Waals surface area contributed by atoms with E-state index in [0.717, 1.165) is 18.0 Å². The summed E-state index contributed by atoms with van der Waals surface area (Å²) >= 11 is 6.48. The van der Waals surface area contributed by atoms with Gasteiger partial charge in [-0.05, 0) is 51.5 Å². The number of likely N-dealkylation sites (N-methyl/N-ethyl adjacent to an activating group) is 1. The minimum atomic E-state index is 0.195. The Hall–Kier alpha value is -0.570. The monoisotopic (exact) mass is 294 g/mol. The van der Waals surface area contributed by atoms with Crippen molar-refractivity contribution in [1.82, 2.24) is 10.2 Å². The first kappa shape index (κ1) is 15.8. The molecule has 1 aliphatic rings. The largest absolute Gasteiger partial charge is 0.308 e. The van der Waals surface area contributed by atoms with E-state index in [4.69, 9.17) is 11.6 Å². The molecule has 112 valence electrons. The fourth-order valence-electron chi connectivity index (χ4n) is 3.57. The Labute approximate surface area is 128 Å². The van der Waals surface area contributed by atoms with E-state index >= 15 is 0 Å². The van der Waals surface area contributed by atoms with Gasteiger partial charge in [0.1, 0.15) is 0 Å². The van der Waals surface area contributed by atoms with Gasteiger partial charge in [0.15, 0.2) is 0 Å². The standard InChI is InChI=1S/C17H27ClN2/c1-4-13-19-16(14-9-5-6-10-15(14)18)17(20(2)3)11-7-8-12-17/h5-6,9-10,16,19H,4,7-8,11-13H2,1-3H3. The van der Waals surface area contributed by atoms with Crippen molar-refractivity contribution in [3.05, 3.63) is 34.9 Å². The molecule has 1 N–H and O–H groups in total. The topological polar surface area (TPSA) is 15.3 Å². The number of rotatable bonds is 6. The molecule has 1 fully saturated rings. The lowest BCUT2D eigenvalue weighted by Crippen LogP contribution is -2.52. The highest BCUT2D eigenvalue weighted by Gasteiger charge is 2.44. The third-order valence-corrected chi connectivity index (χ3v) is 5.06. The maximum absolute atomic E-state index is 6.48. The highest BCUT2D eigenvalue weighted by Crippen LogP contribution is 2.44. The Morgan fingerprint density at radius 2 is 1.90 bits per heavy atom. The maximum atomic E-state index is 6.48. The molecule has 0 aliphatic heterocycles. The van der Waals surface area contributed by atoms with Gasteiger partial charge in [-0.15, -0.1) is 0 Å².